The molecular formula is C67H130O6. The second-order valence-corrected chi connectivity index (χ2v) is 23.1. The quantitative estimate of drug-likeness (QED) is 0.0343. The minimum Gasteiger partial charge on any atom is -0.462 e. The first kappa shape index (κ1) is 71.4. The third-order valence-electron chi connectivity index (χ3n) is 15.6. The lowest BCUT2D eigenvalue weighted by molar-refractivity contribution is -0.167. The van der Waals surface area contributed by atoms with Crippen LogP contribution in [-0.2, 0) is 28.6 Å². The summed E-state index contributed by atoms with van der Waals surface area (Å²) >= 11 is 0. The van der Waals surface area contributed by atoms with Crippen molar-refractivity contribution in [3.63, 3.8) is 0 Å². The second-order valence-electron chi connectivity index (χ2n) is 23.1. The normalized spacial score (nSPS) is 11.9. The van der Waals surface area contributed by atoms with E-state index in [1.807, 2.05) is 0 Å². The summed E-state index contributed by atoms with van der Waals surface area (Å²) in [6, 6.07) is 0. The highest BCUT2D eigenvalue weighted by Crippen LogP contribution is 2.19. The van der Waals surface area contributed by atoms with Gasteiger partial charge in [0, 0.05) is 19.3 Å². The molecule has 0 aliphatic rings. The van der Waals surface area contributed by atoms with Gasteiger partial charge in [0.2, 0.25) is 0 Å². The average Bonchev–Trinajstić information content (AvgIpc) is 3.39. The largest absolute Gasteiger partial charge is 0.462 e. The van der Waals surface area contributed by atoms with E-state index in [9.17, 15) is 14.4 Å². The van der Waals surface area contributed by atoms with Gasteiger partial charge in [0.1, 0.15) is 13.2 Å². The van der Waals surface area contributed by atoms with Crippen LogP contribution >= 0.6 is 0 Å². The summed E-state index contributed by atoms with van der Waals surface area (Å²) in [7, 11) is 0. The van der Waals surface area contributed by atoms with Crippen LogP contribution in [0.1, 0.15) is 393 Å². The monoisotopic (exact) mass is 1030 g/mol. The predicted octanol–water partition coefficient (Wildman–Crippen LogP) is 22.7. The lowest BCUT2D eigenvalue weighted by atomic mass is 10.0. The fourth-order valence-corrected chi connectivity index (χ4v) is 10.6. The number of carbonyl (C=O) groups excluding carboxylic acids is 3. The van der Waals surface area contributed by atoms with Crippen LogP contribution in [0.25, 0.3) is 0 Å². The summed E-state index contributed by atoms with van der Waals surface area (Å²) in [5, 5.41) is 0. The zero-order valence-corrected chi connectivity index (χ0v) is 50.0. The predicted molar refractivity (Wildman–Crippen MR) is 317 cm³/mol. The summed E-state index contributed by atoms with van der Waals surface area (Å²) in [6.45, 7) is 6.66. The van der Waals surface area contributed by atoms with E-state index >= 15 is 0 Å². The Kier molecular flexibility index (Phi) is 61.6. The standard InChI is InChI=1S/C67H130O6/c1-4-7-10-13-16-18-20-22-24-26-27-28-29-30-31-32-33-34-35-36-37-38-39-40-42-43-45-47-49-51-54-57-60-66(69)72-63-64(62-71-65(68)59-56-53-15-12-9-6-3)73-67(70)61-58-55-52-50-48-46-44-41-25-23-21-19-17-14-11-8-5-2/h64H,4-63H2,1-3H3. The van der Waals surface area contributed by atoms with E-state index in [0.717, 1.165) is 57.8 Å². The first-order chi connectivity index (χ1) is 36.0. The van der Waals surface area contributed by atoms with Crippen molar-refractivity contribution in [3.05, 3.63) is 0 Å². The highest BCUT2D eigenvalue weighted by atomic mass is 16.6. The molecule has 0 spiro atoms. The summed E-state index contributed by atoms with van der Waals surface area (Å²) in [5.41, 5.74) is 0. The number of ether oxygens (including phenoxy) is 3. The summed E-state index contributed by atoms with van der Waals surface area (Å²) in [5.74, 6) is -0.842. The van der Waals surface area contributed by atoms with Crippen LogP contribution < -0.4 is 0 Å². The Labute approximate surface area is 457 Å². The van der Waals surface area contributed by atoms with Gasteiger partial charge < -0.3 is 14.2 Å². The number of hydrogen-bond acceptors (Lipinski definition) is 6. The molecule has 0 aromatic carbocycles. The summed E-state index contributed by atoms with van der Waals surface area (Å²) in [6.07, 6.45) is 73.2. The molecule has 0 heterocycles. The number of esters is 3. The van der Waals surface area contributed by atoms with Crippen molar-refractivity contribution in [1.29, 1.82) is 0 Å². The van der Waals surface area contributed by atoms with Crippen molar-refractivity contribution in [3.8, 4) is 0 Å². The first-order valence-corrected chi connectivity index (χ1v) is 33.5. The molecule has 0 bridgehead atoms. The maximum Gasteiger partial charge on any atom is 0.306 e. The molecule has 0 aliphatic heterocycles. The Hall–Kier alpha value is -1.59. The molecule has 0 saturated carbocycles. The third-order valence-corrected chi connectivity index (χ3v) is 15.6. The molecule has 1 atom stereocenters. The average molecular weight is 1030 g/mol. The lowest BCUT2D eigenvalue weighted by Gasteiger charge is -2.18. The van der Waals surface area contributed by atoms with Crippen molar-refractivity contribution >= 4 is 17.9 Å². The fourth-order valence-electron chi connectivity index (χ4n) is 10.6. The van der Waals surface area contributed by atoms with Crippen molar-refractivity contribution in [1.82, 2.24) is 0 Å². The molecule has 0 radical (unpaired) electrons. The van der Waals surface area contributed by atoms with Crippen LogP contribution in [0.15, 0.2) is 0 Å². The van der Waals surface area contributed by atoms with Gasteiger partial charge in [-0.15, -0.1) is 0 Å². The number of carbonyl (C=O) groups is 3. The Morgan fingerprint density at radius 2 is 0.370 bits per heavy atom. The molecule has 0 rings (SSSR count). The summed E-state index contributed by atoms with van der Waals surface area (Å²) in [4.78, 5) is 38.0. The number of hydrogen-bond donors (Lipinski definition) is 0. The minimum atomic E-state index is -0.760. The van der Waals surface area contributed by atoms with Crippen LogP contribution in [0.5, 0.6) is 0 Å². The molecule has 0 amide bonds. The molecule has 0 fully saturated rings. The van der Waals surface area contributed by atoms with Gasteiger partial charge in [0.25, 0.3) is 0 Å². The Bertz CT molecular complexity index is 1090. The van der Waals surface area contributed by atoms with E-state index in [1.165, 1.54) is 295 Å². The molecule has 1 unspecified atom stereocenters. The van der Waals surface area contributed by atoms with Gasteiger partial charge in [-0.3, -0.25) is 14.4 Å². The molecule has 434 valence electrons. The molecule has 6 nitrogen and oxygen atoms in total. The molecule has 0 aromatic rings. The number of rotatable bonds is 63. The van der Waals surface area contributed by atoms with Gasteiger partial charge in [-0.2, -0.15) is 0 Å². The Morgan fingerprint density at radius 1 is 0.219 bits per heavy atom. The Morgan fingerprint density at radius 3 is 0.548 bits per heavy atom. The van der Waals surface area contributed by atoms with E-state index < -0.39 is 6.10 Å². The van der Waals surface area contributed by atoms with Crippen molar-refractivity contribution < 1.29 is 28.6 Å². The van der Waals surface area contributed by atoms with Gasteiger partial charge in [-0.05, 0) is 19.3 Å². The molecule has 0 aromatic heterocycles. The van der Waals surface area contributed by atoms with Gasteiger partial charge in [-0.1, -0.05) is 355 Å². The number of unbranched alkanes of at least 4 members (excludes halogenated alkanes) is 52. The molecule has 0 saturated heterocycles. The molecule has 0 N–H and O–H groups in total. The third kappa shape index (κ3) is 61.1. The summed E-state index contributed by atoms with van der Waals surface area (Å²) < 4.78 is 16.8. The van der Waals surface area contributed by atoms with E-state index in [4.69, 9.17) is 14.2 Å². The van der Waals surface area contributed by atoms with Crippen LogP contribution in [0.2, 0.25) is 0 Å². The van der Waals surface area contributed by atoms with Gasteiger partial charge in [-0.25, -0.2) is 0 Å². The van der Waals surface area contributed by atoms with Crippen LogP contribution in [0.3, 0.4) is 0 Å². The van der Waals surface area contributed by atoms with Gasteiger partial charge >= 0.3 is 17.9 Å². The minimum absolute atomic E-state index is 0.0620. The van der Waals surface area contributed by atoms with Crippen LogP contribution in [-0.4, -0.2) is 37.2 Å². The van der Waals surface area contributed by atoms with Gasteiger partial charge in [0.05, 0.1) is 0 Å². The van der Waals surface area contributed by atoms with Crippen molar-refractivity contribution in [2.24, 2.45) is 0 Å². The fraction of sp³-hybridized carbons (Fsp3) is 0.955. The highest BCUT2D eigenvalue weighted by Gasteiger charge is 2.19. The molecular weight excluding hydrogens is 901 g/mol. The topological polar surface area (TPSA) is 78.9 Å². The molecule has 0 aliphatic carbocycles. The SMILES string of the molecule is CCCCCCCCCCCCCCCCCCCCCCCCCCCCCCCCCCC(=O)OCC(COC(=O)CCCCCCCC)OC(=O)CCCCCCCCCCCCCCCCCCC. The van der Waals surface area contributed by atoms with E-state index in [1.54, 1.807) is 0 Å². The maximum atomic E-state index is 12.8. The van der Waals surface area contributed by atoms with Gasteiger partial charge in [0.15, 0.2) is 6.10 Å². The lowest BCUT2D eigenvalue weighted by Crippen LogP contribution is -2.30. The maximum absolute atomic E-state index is 12.8. The van der Waals surface area contributed by atoms with E-state index in [0.29, 0.717) is 19.3 Å². The van der Waals surface area contributed by atoms with E-state index in [2.05, 4.69) is 20.8 Å². The zero-order valence-electron chi connectivity index (χ0n) is 50.0. The van der Waals surface area contributed by atoms with Crippen LogP contribution in [0.4, 0.5) is 0 Å². The highest BCUT2D eigenvalue weighted by molar-refractivity contribution is 5.71. The Balaban J connectivity index is 3.89. The van der Waals surface area contributed by atoms with Crippen molar-refractivity contribution in [2.75, 3.05) is 13.2 Å². The van der Waals surface area contributed by atoms with Crippen molar-refractivity contribution in [2.45, 2.75) is 399 Å². The zero-order chi connectivity index (χ0) is 52.9. The second kappa shape index (κ2) is 62.9. The molecule has 6 heteroatoms. The first-order valence-electron chi connectivity index (χ1n) is 33.5. The van der Waals surface area contributed by atoms with Crippen LogP contribution in [0, 0.1) is 0 Å². The molecule has 73 heavy (non-hydrogen) atoms. The van der Waals surface area contributed by atoms with E-state index in [-0.39, 0.29) is 31.1 Å². The smallest absolute Gasteiger partial charge is 0.306 e.